The maximum Gasteiger partial charge on any atom is 0.225 e. The second-order valence-corrected chi connectivity index (χ2v) is 12.4. The zero-order chi connectivity index (χ0) is 29.7. The molecule has 2 aromatic rings. The third-order valence-electron chi connectivity index (χ3n) is 6.80. The van der Waals surface area contributed by atoms with Gasteiger partial charge in [0.2, 0.25) is 11.9 Å². The first-order chi connectivity index (χ1) is 19.0. The largest absolute Gasteiger partial charge is 0.395 e. The first-order valence-electron chi connectivity index (χ1n) is 15.3. The fourth-order valence-electron chi connectivity index (χ4n) is 4.22. The van der Waals surface area contributed by atoms with Crippen LogP contribution in [0.5, 0.6) is 0 Å². The van der Waals surface area contributed by atoms with Gasteiger partial charge in [-0.25, -0.2) is 9.97 Å². The highest BCUT2D eigenvalue weighted by Crippen LogP contribution is 2.32. The summed E-state index contributed by atoms with van der Waals surface area (Å²) in [4.78, 5) is 24.5. The molecule has 0 unspecified atom stereocenters. The predicted molar refractivity (Wildman–Crippen MR) is 169 cm³/mol. The first kappa shape index (κ1) is 33.7. The summed E-state index contributed by atoms with van der Waals surface area (Å²) in [5.41, 5.74) is 1.43. The SMILES string of the molecule is CC(C)CCN(CCC(C)C)c1nc(NCCO)nc2c(N(CCC(C)C)CCC(C)C)nc(NCCO)nc12. The highest BCUT2D eigenvalue weighted by Gasteiger charge is 2.24. The van der Waals surface area contributed by atoms with Gasteiger partial charge in [0, 0.05) is 39.3 Å². The Kier molecular flexibility index (Phi) is 14.7. The van der Waals surface area contributed by atoms with Crippen molar-refractivity contribution in [3.63, 3.8) is 0 Å². The maximum atomic E-state index is 9.53. The molecular formula is C30H56N8O2. The third-order valence-corrected chi connectivity index (χ3v) is 6.80. The summed E-state index contributed by atoms with van der Waals surface area (Å²) in [5, 5.41) is 25.5. The predicted octanol–water partition coefficient (Wildman–Crippen LogP) is 5.03. The molecule has 0 aliphatic rings. The molecule has 228 valence electrons. The fraction of sp³-hybridized carbons (Fsp3) is 0.800. The van der Waals surface area contributed by atoms with Crippen LogP contribution in [0, 0.1) is 23.7 Å². The van der Waals surface area contributed by atoms with Crippen molar-refractivity contribution in [3.05, 3.63) is 0 Å². The lowest BCUT2D eigenvalue weighted by Crippen LogP contribution is -2.31. The van der Waals surface area contributed by atoms with Crippen molar-refractivity contribution in [3.8, 4) is 0 Å². The number of hydrogen-bond acceptors (Lipinski definition) is 10. The molecule has 40 heavy (non-hydrogen) atoms. The van der Waals surface area contributed by atoms with E-state index in [-0.39, 0.29) is 13.2 Å². The Balaban J connectivity index is 2.81. The lowest BCUT2D eigenvalue weighted by atomic mass is 10.1. The van der Waals surface area contributed by atoms with Crippen molar-refractivity contribution in [2.75, 3.05) is 72.9 Å². The smallest absolute Gasteiger partial charge is 0.225 e. The van der Waals surface area contributed by atoms with Gasteiger partial charge in [0.25, 0.3) is 0 Å². The van der Waals surface area contributed by atoms with Crippen LogP contribution in [0.3, 0.4) is 0 Å². The first-order valence-corrected chi connectivity index (χ1v) is 15.3. The van der Waals surface area contributed by atoms with Gasteiger partial charge in [-0.3, -0.25) is 0 Å². The van der Waals surface area contributed by atoms with Crippen LogP contribution in [0.1, 0.15) is 81.1 Å². The number of hydrogen-bond donors (Lipinski definition) is 4. The van der Waals surface area contributed by atoms with Gasteiger partial charge in [0.15, 0.2) is 11.6 Å². The lowest BCUT2D eigenvalue weighted by molar-refractivity contribution is 0.310. The highest BCUT2D eigenvalue weighted by atomic mass is 16.3. The summed E-state index contributed by atoms with van der Waals surface area (Å²) in [6.07, 6.45) is 4.13. The number of aliphatic hydroxyl groups excluding tert-OH is 2. The molecular weight excluding hydrogens is 504 g/mol. The van der Waals surface area contributed by atoms with Crippen molar-refractivity contribution >= 4 is 34.6 Å². The number of anilines is 4. The molecule has 2 aromatic heterocycles. The number of fused-ring (bicyclic) bond motifs is 1. The molecule has 2 heterocycles. The van der Waals surface area contributed by atoms with E-state index in [0.29, 0.717) is 59.7 Å². The van der Waals surface area contributed by atoms with Gasteiger partial charge in [0.05, 0.1) is 13.2 Å². The summed E-state index contributed by atoms with van der Waals surface area (Å²) < 4.78 is 0. The van der Waals surface area contributed by atoms with Crippen LogP contribution in [0.2, 0.25) is 0 Å². The molecule has 10 nitrogen and oxygen atoms in total. The topological polar surface area (TPSA) is 123 Å². The van der Waals surface area contributed by atoms with E-state index in [9.17, 15) is 10.2 Å². The van der Waals surface area contributed by atoms with E-state index in [0.717, 1.165) is 63.5 Å². The van der Waals surface area contributed by atoms with Crippen molar-refractivity contribution in [2.45, 2.75) is 81.1 Å². The zero-order valence-electron chi connectivity index (χ0n) is 26.4. The second-order valence-electron chi connectivity index (χ2n) is 12.4. The molecule has 0 fully saturated rings. The van der Waals surface area contributed by atoms with E-state index in [4.69, 9.17) is 19.9 Å². The Bertz CT molecular complexity index is 896. The van der Waals surface area contributed by atoms with Crippen molar-refractivity contribution in [2.24, 2.45) is 23.7 Å². The average molecular weight is 561 g/mol. The summed E-state index contributed by atoms with van der Waals surface area (Å²) in [5.74, 6) is 4.73. The van der Waals surface area contributed by atoms with Crippen LogP contribution in [0.25, 0.3) is 11.0 Å². The molecule has 0 aliphatic carbocycles. The van der Waals surface area contributed by atoms with Gasteiger partial charge in [-0.05, 0) is 49.4 Å². The molecule has 2 rings (SSSR count). The van der Waals surface area contributed by atoms with Crippen LogP contribution < -0.4 is 20.4 Å². The van der Waals surface area contributed by atoms with E-state index < -0.39 is 0 Å². The number of nitrogens with one attached hydrogen (secondary N) is 2. The standard InChI is InChI=1S/C30H56N8O2/c1-21(2)9-15-37(16-10-22(3)4)27-25-26(34-29(35-27)31-13-19-39)28(36-30(33-25)32-14-20-40)38(17-11-23(5)6)18-12-24(7)8/h21-24,39-40H,9-20H2,1-8H3,(H,31,34,35)(H,32,33,36). The average Bonchev–Trinajstić information content (AvgIpc) is 2.89. The molecule has 0 aliphatic heterocycles. The van der Waals surface area contributed by atoms with E-state index in [1.165, 1.54) is 0 Å². The van der Waals surface area contributed by atoms with Gasteiger partial charge < -0.3 is 30.6 Å². The molecule has 0 aromatic carbocycles. The number of rotatable bonds is 20. The van der Waals surface area contributed by atoms with Crippen LogP contribution in [-0.4, -0.2) is 82.6 Å². The Labute approximate surface area is 242 Å². The Morgan fingerprint density at radius 1 is 0.525 bits per heavy atom. The van der Waals surface area contributed by atoms with E-state index in [2.05, 4.69) is 75.8 Å². The lowest BCUT2D eigenvalue weighted by Gasteiger charge is -2.29. The molecule has 0 saturated heterocycles. The molecule has 0 bridgehead atoms. The minimum Gasteiger partial charge on any atom is -0.395 e. The van der Waals surface area contributed by atoms with Gasteiger partial charge >= 0.3 is 0 Å². The third kappa shape index (κ3) is 11.2. The zero-order valence-corrected chi connectivity index (χ0v) is 26.4. The molecule has 0 atom stereocenters. The van der Waals surface area contributed by atoms with Crippen molar-refractivity contribution < 1.29 is 10.2 Å². The normalized spacial score (nSPS) is 11.8. The van der Waals surface area contributed by atoms with Gasteiger partial charge in [-0.2, -0.15) is 9.97 Å². The van der Waals surface area contributed by atoms with E-state index >= 15 is 0 Å². The minimum absolute atomic E-state index is 0.0105. The molecule has 0 amide bonds. The summed E-state index contributed by atoms with van der Waals surface area (Å²) in [6.45, 7) is 22.1. The van der Waals surface area contributed by atoms with Crippen LogP contribution >= 0.6 is 0 Å². The van der Waals surface area contributed by atoms with Crippen LogP contribution in [0.15, 0.2) is 0 Å². The van der Waals surface area contributed by atoms with Gasteiger partial charge in [-0.15, -0.1) is 0 Å². The fourth-order valence-corrected chi connectivity index (χ4v) is 4.22. The number of aliphatic hydroxyl groups is 2. The van der Waals surface area contributed by atoms with E-state index in [1.54, 1.807) is 0 Å². The minimum atomic E-state index is -0.0105. The molecule has 0 saturated carbocycles. The Hall–Kier alpha value is -2.46. The van der Waals surface area contributed by atoms with Crippen LogP contribution in [0.4, 0.5) is 23.5 Å². The molecule has 4 N–H and O–H groups in total. The Morgan fingerprint density at radius 3 is 1.07 bits per heavy atom. The highest BCUT2D eigenvalue weighted by molar-refractivity contribution is 5.95. The molecule has 0 radical (unpaired) electrons. The second kappa shape index (κ2) is 17.4. The quantitative estimate of drug-likeness (QED) is 0.175. The van der Waals surface area contributed by atoms with Crippen molar-refractivity contribution in [1.82, 2.24) is 19.9 Å². The summed E-state index contributed by atoms with van der Waals surface area (Å²) >= 11 is 0. The number of nitrogens with zero attached hydrogens (tertiary/aromatic N) is 6. The number of aromatic nitrogens is 4. The Morgan fingerprint density at radius 2 is 0.825 bits per heavy atom. The maximum absolute atomic E-state index is 9.53. The molecule has 10 heteroatoms. The monoisotopic (exact) mass is 560 g/mol. The van der Waals surface area contributed by atoms with Gasteiger partial charge in [0.1, 0.15) is 11.0 Å². The van der Waals surface area contributed by atoms with Crippen LogP contribution in [-0.2, 0) is 0 Å². The molecule has 0 spiro atoms. The van der Waals surface area contributed by atoms with Crippen molar-refractivity contribution in [1.29, 1.82) is 0 Å². The van der Waals surface area contributed by atoms with Gasteiger partial charge in [-0.1, -0.05) is 55.4 Å². The summed E-state index contributed by atoms with van der Waals surface area (Å²) in [6, 6.07) is 0. The summed E-state index contributed by atoms with van der Waals surface area (Å²) in [7, 11) is 0. The van der Waals surface area contributed by atoms with E-state index in [1.807, 2.05) is 0 Å².